The van der Waals surface area contributed by atoms with Gasteiger partial charge in [-0.3, -0.25) is 0 Å². The Hall–Kier alpha value is -2.48. The molecule has 3 aromatic rings. The van der Waals surface area contributed by atoms with Gasteiger partial charge in [-0.25, -0.2) is 9.37 Å². The maximum Gasteiger partial charge on any atom is 0.525 e. The molecule has 4 rings (SSSR count). The maximum absolute atomic E-state index is 16.1. The molecule has 1 aliphatic rings. The summed E-state index contributed by atoms with van der Waals surface area (Å²) >= 11 is 1.26. The molecule has 0 bridgehead atoms. The number of thiazole rings is 1. The topological polar surface area (TPSA) is 57.4 Å². The van der Waals surface area contributed by atoms with Crippen molar-refractivity contribution in [1.29, 1.82) is 0 Å². The molecule has 0 spiro atoms. The first kappa shape index (κ1) is 20.8. The summed E-state index contributed by atoms with van der Waals surface area (Å²) in [5.74, 6) is 0. The Balaban J connectivity index is 1.91. The molecule has 1 aromatic heterocycles. The Kier molecular flexibility index (Phi) is 5.30. The fourth-order valence-electron chi connectivity index (χ4n) is 3.34. The Labute approximate surface area is 180 Å². The van der Waals surface area contributed by atoms with Crippen molar-refractivity contribution in [2.24, 2.45) is 0 Å². The number of benzene rings is 2. The van der Waals surface area contributed by atoms with Crippen LogP contribution < -0.4 is 5.73 Å². The van der Waals surface area contributed by atoms with Crippen molar-refractivity contribution in [2.45, 2.75) is 38.9 Å². The van der Waals surface area contributed by atoms with E-state index in [2.05, 4.69) is 4.98 Å². The van der Waals surface area contributed by atoms with Gasteiger partial charge in [0.15, 0.2) is 5.13 Å². The van der Waals surface area contributed by atoms with Gasteiger partial charge in [0.1, 0.15) is 5.73 Å². The molecule has 1 saturated heterocycles. The molecule has 4 nitrogen and oxygen atoms in total. The van der Waals surface area contributed by atoms with Crippen molar-refractivity contribution in [1.82, 2.24) is 4.98 Å². The van der Waals surface area contributed by atoms with E-state index in [4.69, 9.17) is 15.0 Å². The first-order valence-corrected chi connectivity index (χ1v) is 10.6. The molecule has 2 aromatic carbocycles. The molecule has 0 atom stereocenters. The van der Waals surface area contributed by atoms with Gasteiger partial charge in [0.05, 0.1) is 21.8 Å². The molecule has 30 heavy (non-hydrogen) atoms. The van der Waals surface area contributed by atoms with Crippen LogP contribution in [-0.2, 0) is 9.31 Å². The lowest BCUT2D eigenvalue weighted by Gasteiger charge is -2.32. The van der Waals surface area contributed by atoms with E-state index in [0.29, 0.717) is 26.8 Å². The average Bonchev–Trinajstić information content (AvgIpc) is 3.19. The minimum atomic E-state index is -1.11. The van der Waals surface area contributed by atoms with E-state index in [1.54, 1.807) is 0 Å². The summed E-state index contributed by atoms with van der Waals surface area (Å²) in [5, 5.41) is 0.374. The molecule has 0 saturated carbocycles. The van der Waals surface area contributed by atoms with Gasteiger partial charge in [-0.05, 0) is 33.3 Å². The van der Waals surface area contributed by atoms with E-state index in [1.165, 1.54) is 11.3 Å². The molecule has 0 unspecified atom stereocenters. The second-order valence-electron chi connectivity index (χ2n) is 8.27. The number of nitrogen functional groups attached to an aromatic ring is 1. The van der Waals surface area contributed by atoms with Gasteiger partial charge < -0.3 is 15.0 Å². The summed E-state index contributed by atoms with van der Waals surface area (Å²) < 4.78 is 28.1. The summed E-state index contributed by atoms with van der Waals surface area (Å²) in [6, 6.07) is 19.0. The van der Waals surface area contributed by atoms with Gasteiger partial charge in [-0.2, -0.15) is 0 Å². The lowest BCUT2D eigenvalue weighted by atomic mass is 9.81. The molecule has 1 aliphatic heterocycles. The highest BCUT2D eigenvalue weighted by Gasteiger charge is 2.53. The Morgan fingerprint density at radius 1 is 0.933 bits per heavy atom. The zero-order valence-electron chi connectivity index (χ0n) is 17.5. The average molecular weight is 422 g/mol. The van der Waals surface area contributed by atoms with Gasteiger partial charge in [-0.15, -0.1) is 0 Å². The quantitative estimate of drug-likeness (QED) is 0.544. The monoisotopic (exact) mass is 422 g/mol. The normalized spacial score (nSPS) is 18.4. The summed E-state index contributed by atoms with van der Waals surface area (Å²) in [6.45, 7) is 7.62. The first-order valence-electron chi connectivity index (χ1n) is 9.82. The van der Waals surface area contributed by atoms with Crippen LogP contribution in [0.5, 0.6) is 0 Å². The highest BCUT2D eigenvalue weighted by atomic mass is 32.1. The van der Waals surface area contributed by atoms with Crippen LogP contribution in [0, 0.1) is 0 Å². The number of nitrogens with two attached hydrogens (primary N) is 1. The van der Waals surface area contributed by atoms with Crippen LogP contribution in [0.2, 0.25) is 0 Å². The van der Waals surface area contributed by atoms with Crippen LogP contribution in [0.15, 0.2) is 66.4 Å². The Morgan fingerprint density at radius 3 is 2.03 bits per heavy atom. The van der Waals surface area contributed by atoms with Gasteiger partial charge in [0, 0.05) is 11.1 Å². The molecule has 0 amide bonds. The SMILES string of the molecule is CC1(C)OB(C(F)=C(c2ccccc2)c2sc(N)nc2-c2ccccc2)OC1(C)C. The molecule has 7 heteroatoms. The minimum Gasteiger partial charge on any atom is -0.398 e. The van der Waals surface area contributed by atoms with E-state index >= 15 is 4.39 Å². The van der Waals surface area contributed by atoms with Gasteiger partial charge in [0.25, 0.3) is 0 Å². The fraction of sp³-hybridized carbons (Fsp3) is 0.261. The van der Waals surface area contributed by atoms with Crippen LogP contribution >= 0.6 is 11.3 Å². The van der Waals surface area contributed by atoms with Crippen molar-refractivity contribution >= 4 is 29.2 Å². The molecular weight excluding hydrogens is 398 g/mol. The summed E-state index contributed by atoms with van der Waals surface area (Å²) in [6.07, 6.45) is 0. The van der Waals surface area contributed by atoms with Crippen LogP contribution in [0.25, 0.3) is 16.8 Å². The van der Waals surface area contributed by atoms with E-state index in [-0.39, 0.29) is 0 Å². The molecule has 0 radical (unpaired) electrons. The van der Waals surface area contributed by atoms with Crippen LogP contribution in [-0.4, -0.2) is 23.3 Å². The van der Waals surface area contributed by atoms with Gasteiger partial charge >= 0.3 is 7.12 Å². The largest absolute Gasteiger partial charge is 0.525 e. The van der Waals surface area contributed by atoms with Gasteiger partial charge in [0.2, 0.25) is 0 Å². The number of nitrogens with zero attached hydrogens (tertiary/aromatic N) is 1. The zero-order valence-corrected chi connectivity index (χ0v) is 18.3. The number of halogens is 1. The molecule has 2 N–H and O–H groups in total. The number of anilines is 1. The number of hydrogen-bond acceptors (Lipinski definition) is 5. The highest BCUT2D eigenvalue weighted by molar-refractivity contribution is 7.17. The third-order valence-electron chi connectivity index (χ3n) is 5.68. The van der Waals surface area contributed by atoms with E-state index in [0.717, 1.165) is 5.56 Å². The van der Waals surface area contributed by atoms with Crippen LogP contribution in [0.1, 0.15) is 38.1 Å². The van der Waals surface area contributed by atoms with Crippen molar-refractivity contribution in [3.05, 3.63) is 76.8 Å². The van der Waals surface area contributed by atoms with Crippen molar-refractivity contribution in [3.63, 3.8) is 0 Å². The van der Waals surface area contributed by atoms with Crippen LogP contribution in [0.3, 0.4) is 0 Å². The zero-order chi connectivity index (χ0) is 21.5. The van der Waals surface area contributed by atoms with E-state index in [9.17, 15) is 0 Å². The number of hydrogen-bond donors (Lipinski definition) is 1. The standard InChI is InChI=1S/C23H24BFN2O2S/c1-22(2)23(3,4)29-24(28-22)20(25)17(15-11-7-5-8-12-15)19-18(27-21(26)30-19)16-13-9-6-10-14-16/h5-14H,1-4H3,(H2,26,27). The molecule has 154 valence electrons. The first-order chi connectivity index (χ1) is 14.2. The second kappa shape index (κ2) is 7.65. The molecule has 0 aliphatic carbocycles. The maximum atomic E-state index is 16.1. The van der Waals surface area contributed by atoms with E-state index in [1.807, 2.05) is 88.4 Å². The Bertz CT molecular complexity index is 1070. The third-order valence-corrected chi connectivity index (χ3v) is 6.58. The predicted octanol–water partition coefficient (Wildman–Crippen LogP) is 5.75. The molecule has 1 fully saturated rings. The summed E-state index contributed by atoms with van der Waals surface area (Å²) in [4.78, 5) is 5.16. The minimum absolute atomic E-state index is 0.374. The number of aromatic nitrogens is 1. The lowest BCUT2D eigenvalue weighted by molar-refractivity contribution is 0.00578. The van der Waals surface area contributed by atoms with Crippen molar-refractivity contribution < 1.29 is 13.7 Å². The molecular formula is C23H24BFN2O2S. The fourth-order valence-corrected chi connectivity index (χ4v) is 4.27. The van der Waals surface area contributed by atoms with Crippen molar-refractivity contribution in [3.8, 4) is 11.3 Å². The second-order valence-corrected chi connectivity index (χ2v) is 9.30. The predicted molar refractivity (Wildman–Crippen MR) is 122 cm³/mol. The summed E-state index contributed by atoms with van der Waals surface area (Å²) in [7, 11) is -1.11. The summed E-state index contributed by atoms with van der Waals surface area (Å²) in [5.41, 5.74) is 6.91. The van der Waals surface area contributed by atoms with E-state index < -0.39 is 24.0 Å². The third kappa shape index (κ3) is 3.69. The van der Waals surface area contributed by atoms with Gasteiger partial charge in [-0.1, -0.05) is 72.0 Å². The number of rotatable bonds is 4. The Morgan fingerprint density at radius 2 is 1.47 bits per heavy atom. The van der Waals surface area contributed by atoms with Crippen molar-refractivity contribution in [2.75, 3.05) is 5.73 Å². The molecule has 2 heterocycles. The smallest absolute Gasteiger partial charge is 0.398 e. The lowest BCUT2D eigenvalue weighted by Crippen LogP contribution is -2.41. The highest BCUT2D eigenvalue weighted by Crippen LogP contribution is 2.44. The van der Waals surface area contributed by atoms with Crippen LogP contribution in [0.4, 0.5) is 9.52 Å².